The summed E-state index contributed by atoms with van der Waals surface area (Å²) in [5, 5.41) is 11.4. The predicted molar refractivity (Wildman–Crippen MR) is 109 cm³/mol. The van der Waals surface area contributed by atoms with Gasteiger partial charge in [-0.15, -0.1) is 0 Å². The molecule has 4 aromatic rings. The number of fused-ring (bicyclic) bond motifs is 1. The minimum Gasteiger partial charge on any atom is -0.268 e. The number of aromatic nitrogens is 2. The molecule has 0 aliphatic rings. The minimum atomic E-state index is -0.471. The molecule has 0 aliphatic carbocycles. The van der Waals surface area contributed by atoms with Crippen molar-refractivity contribution in [3.8, 4) is 5.69 Å². The first-order valence-corrected chi connectivity index (χ1v) is 8.63. The molecule has 0 spiro atoms. The van der Waals surface area contributed by atoms with Crippen LogP contribution in [0.3, 0.4) is 0 Å². The van der Waals surface area contributed by atoms with Gasteiger partial charge in [0.1, 0.15) is 5.82 Å². The van der Waals surface area contributed by atoms with Crippen LogP contribution in [0.4, 0.5) is 5.69 Å². The van der Waals surface area contributed by atoms with Gasteiger partial charge in [0.05, 0.1) is 21.5 Å². The van der Waals surface area contributed by atoms with Crippen LogP contribution in [0.1, 0.15) is 11.4 Å². The highest BCUT2D eigenvalue weighted by atomic mass is 16.6. The Balaban J connectivity index is 1.92. The Bertz CT molecular complexity index is 1240. The fraction of sp³-hybridized carbons (Fsp3) is 0. The van der Waals surface area contributed by atoms with Crippen LogP contribution >= 0.6 is 0 Å². The van der Waals surface area contributed by atoms with Crippen LogP contribution in [0, 0.1) is 10.1 Å². The summed E-state index contributed by atoms with van der Waals surface area (Å²) in [5.74, 6) is 0.446. The first-order chi connectivity index (χ1) is 13.6. The van der Waals surface area contributed by atoms with E-state index in [-0.39, 0.29) is 11.2 Å². The van der Waals surface area contributed by atoms with Gasteiger partial charge in [-0.25, -0.2) is 4.98 Å². The lowest BCUT2D eigenvalue weighted by atomic mass is 10.2. The molecule has 0 N–H and O–H groups in total. The second kappa shape index (κ2) is 7.28. The summed E-state index contributed by atoms with van der Waals surface area (Å²) in [7, 11) is 0. The van der Waals surface area contributed by atoms with E-state index < -0.39 is 4.92 Å². The minimum absolute atomic E-state index is 0.0353. The third kappa shape index (κ3) is 3.31. The van der Waals surface area contributed by atoms with Crippen LogP contribution < -0.4 is 5.56 Å². The Morgan fingerprint density at radius 2 is 1.54 bits per heavy atom. The molecule has 0 radical (unpaired) electrons. The van der Waals surface area contributed by atoms with Gasteiger partial charge in [-0.05, 0) is 35.9 Å². The van der Waals surface area contributed by atoms with Crippen LogP contribution in [-0.2, 0) is 0 Å². The van der Waals surface area contributed by atoms with Crippen molar-refractivity contribution in [2.75, 3.05) is 0 Å². The average Bonchev–Trinajstić information content (AvgIpc) is 2.73. The zero-order chi connectivity index (χ0) is 19.5. The Hall–Kier alpha value is -4.06. The highest BCUT2D eigenvalue weighted by Gasteiger charge is 2.12. The predicted octanol–water partition coefficient (Wildman–Crippen LogP) is 4.46. The van der Waals surface area contributed by atoms with Crippen LogP contribution in [0.25, 0.3) is 28.7 Å². The lowest BCUT2D eigenvalue weighted by Crippen LogP contribution is -2.22. The number of hydrogen-bond donors (Lipinski definition) is 0. The van der Waals surface area contributed by atoms with Crippen LogP contribution in [0.5, 0.6) is 0 Å². The Kier molecular flexibility index (Phi) is 4.51. The van der Waals surface area contributed by atoms with Gasteiger partial charge in [-0.1, -0.05) is 48.5 Å². The van der Waals surface area contributed by atoms with Gasteiger partial charge in [0, 0.05) is 12.1 Å². The van der Waals surface area contributed by atoms with Gasteiger partial charge in [-0.2, -0.15) is 0 Å². The molecule has 3 aromatic carbocycles. The van der Waals surface area contributed by atoms with Crippen molar-refractivity contribution >= 4 is 28.7 Å². The summed E-state index contributed by atoms with van der Waals surface area (Å²) in [4.78, 5) is 28.2. The molecule has 0 unspecified atom stereocenters. The number of hydrogen-bond acceptors (Lipinski definition) is 4. The van der Waals surface area contributed by atoms with Gasteiger partial charge >= 0.3 is 0 Å². The molecule has 0 saturated heterocycles. The molecule has 28 heavy (non-hydrogen) atoms. The van der Waals surface area contributed by atoms with Crippen molar-refractivity contribution in [1.82, 2.24) is 9.55 Å². The van der Waals surface area contributed by atoms with Gasteiger partial charge in [0.2, 0.25) is 0 Å². The maximum atomic E-state index is 13.1. The van der Waals surface area contributed by atoms with E-state index in [0.29, 0.717) is 22.4 Å². The molecule has 6 nitrogen and oxygen atoms in total. The van der Waals surface area contributed by atoms with Gasteiger partial charge in [-0.3, -0.25) is 19.5 Å². The van der Waals surface area contributed by atoms with Gasteiger partial charge in [0.15, 0.2) is 0 Å². The first kappa shape index (κ1) is 17.4. The second-order valence-corrected chi connectivity index (χ2v) is 6.15. The van der Waals surface area contributed by atoms with Crippen molar-refractivity contribution in [2.24, 2.45) is 0 Å². The lowest BCUT2D eigenvalue weighted by molar-refractivity contribution is -0.384. The van der Waals surface area contributed by atoms with Crippen LogP contribution in [0.2, 0.25) is 0 Å². The fourth-order valence-corrected chi connectivity index (χ4v) is 2.97. The Labute approximate surface area is 160 Å². The van der Waals surface area contributed by atoms with E-state index in [1.54, 1.807) is 36.4 Å². The van der Waals surface area contributed by atoms with E-state index in [1.807, 2.05) is 42.5 Å². The molecule has 1 heterocycles. The normalized spacial score (nSPS) is 11.1. The maximum Gasteiger partial charge on any atom is 0.269 e. The highest BCUT2D eigenvalue weighted by molar-refractivity contribution is 5.80. The second-order valence-electron chi connectivity index (χ2n) is 6.15. The van der Waals surface area contributed by atoms with Crippen molar-refractivity contribution in [3.05, 3.63) is 111 Å². The van der Waals surface area contributed by atoms with Crippen molar-refractivity contribution < 1.29 is 4.92 Å². The summed E-state index contributed by atoms with van der Waals surface area (Å²) in [6.07, 6.45) is 3.64. The third-order valence-corrected chi connectivity index (χ3v) is 4.34. The molecule has 4 rings (SSSR count). The quantitative estimate of drug-likeness (QED) is 0.393. The number of nitrogens with zero attached hydrogens (tertiary/aromatic N) is 3. The largest absolute Gasteiger partial charge is 0.269 e. The monoisotopic (exact) mass is 369 g/mol. The van der Waals surface area contributed by atoms with Gasteiger partial charge in [0.25, 0.3) is 11.2 Å². The molecule has 0 fully saturated rings. The lowest BCUT2D eigenvalue weighted by Gasteiger charge is -2.11. The molecule has 0 amide bonds. The summed E-state index contributed by atoms with van der Waals surface area (Å²) >= 11 is 0. The number of rotatable bonds is 4. The van der Waals surface area contributed by atoms with E-state index in [0.717, 1.165) is 5.56 Å². The van der Waals surface area contributed by atoms with E-state index >= 15 is 0 Å². The van der Waals surface area contributed by atoms with Crippen LogP contribution in [-0.4, -0.2) is 14.5 Å². The Morgan fingerprint density at radius 1 is 0.857 bits per heavy atom. The molecule has 0 aliphatic heterocycles. The van der Waals surface area contributed by atoms with Crippen molar-refractivity contribution in [1.29, 1.82) is 0 Å². The average molecular weight is 369 g/mol. The number of para-hydroxylation sites is 1. The molecular formula is C22H15N3O3. The maximum absolute atomic E-state index is 13.1. The standard InChI is InChI=1S/C22H15N3O3/c26-22-19-8-4-5-9-20(19)23-21(15-10-16-6-2-1-3-7-16)24(22)17-11-13-18(14-12-17)25(27)28/h1-15H/b15-10+. The summed E-state index contributed by atoms with van der Waals surface area (Å²) < 4.78 is 1.46. The zero-order valence-corrected chi connectivity index (χ0v) is 14.7. The first-order valence-electron chi connectivity index (χ1n) is 8.63. The van der Waals surface area contributed by atoms with E-state index in [2.05, 4.69) is 4.98 Å². The highest BCUT2D eigenvalue weighted by Crippen LogP contribution is 2.18. The zero-order valence-electron chi connectivity index (χ0n) is 14.7. The number of benzene rings is 3. The Morgan fingerprint density at radius 3 is 2.25 bits per heavy atom. The molecule has 136 valence electrons. The molecule has 6 heteroatoms. The number of nitro groups is 1. The van der Waals surface area contributed by atoms with Gasteiger partial charge < -0.3 is 0 Å². The van der Waals surface area contributed by atoms with E-state index in [9.17, 15) is 14.9 Å². The smallest absolute Gasteiger partial charge is 0.268 e. The SMILES string of the molecule is O=c1c2ccccc2nc(/C=C/c2ccccc2)n1-c1ccc([N+](=O)[O-])cc1. The van der Waals surface area contributed by atoms with Crippen molar-refractivity contribution in [2.45, 2.75) is 0 Å². The number of non-ortho nitro benzene ring substituents is 1. The summed E-state index contributed by atoms with van der Waals surface area (Å²) in [6, 6.07) is 22.7. The van der Waals surface area contributed by atoms with E-state index in [1.165, 1.54) is 16.7 Å². The molecular weight excluding hydrogens is 354 g/mol. The third-order valence-electron chi connectivity index (χ3n) is 4.34. The fourth-order valence-electron chi connectivity index (χ4n) is 2.97. The summed E-state index contributed by atoms with van der Waals surface area (Å²) in [5.41, 5.74) is 1.82. The molecule has 0 bridgehead atoms. The number of nitro benzene ring substituents is 1. The molecule has 1 aromatic heterocycles. The van der Waals surface area contributed by atoms with Crippen LogP contribution in [0.15, 0.2) is 83.7 Å². The topological polar surface area (TPSA) is 78.0 Å². The van der Waals surface area contributed by atoms with E-state index in [4.69, 9.17) is 0 Å². The summed E-state index contributed by atoms with van der Waals surface area (Å²) in [6.45, 7) is 0. The molecule has 0 atom stereocenters. The molecule has 0 saturated carbocycles. The van der Waals surface area contributed by atoms with Crippen molar-refractivity contribution in [3.63, 3.8) is 0 Å².